The number of nitrogens with zero attached hydrogens (tertiary/aromatic N) is 1. The summed E-state index contributed by atoms with van der Waals surface area (Å²) in [4.78, 5) is 32.9. The highest BCUT2D eigenvalue weighted by Gasteiger charge is 2.21. The lowest BCUT2D eigenvalue weighted by molar-refractivity contribution is -0.384. The summed E-state index contributed by atoms with van der Waals surface area (Å²) in [5.74, 6) is -1.83. The maximum atomic E-state index is 11.9. The molecule has 0 spiro atoms. The van der Waals surface area contributed by atoms with Gasteiger partial charge in [0.2, 0.25) is 5.91 Å². The van der Waals surface area contributed by atoms with E-state index in [-0.39, 0.29) is 29.4 Å². The van der Waals surface area contributed by atoms with Crippen molar-refractivity contribution in [2.45, 2.75) is 12.5 Å². The summed E-state index contributed by atoms with van der Waals surface area (Å²) in [7, 11) is 0. The molecule has 118 valence electrons. The maximum absolute atomic E-state index is 11.9. The number of carbonyl (C=O) groups is 2. The smallest absolute Gasteiger partial charge is 0.321 e. The molecule has 0 saturated carbocycles. The lowest BCUT2D eigenvalue weighted by atomic mass is 10.2. The number of carbonyl (C=O) groups excluding carboxylic acids is 1. The minimum absolute atomic E-state index is 0.0497. The van der Waals surface area contributed by atoms with Crippen molar-refractivity contribution in [3.8, 4) is 0 Å². The van der Waals surface area contributed by atoms with Crippen LogP contribution in [0, 0.1) is 10.1 Å². The topological polar surface area (TPSA) is 122 Å². The summed E-state index contributed by atoms with van der Waals surface area (Å²) >= 11 is 5.85. The average molecular weight is 328 g/mol. The fourth-order valence-electron chi connectivity index (χ4n) is 1.58. The molecule has 0 aliphatic carbocycles. The van der Waals surface area contributed by atoms with Gasteiger partial charge in [0.05, 0.1) is 22.1 Å². The van der Waals surface area contributed by atoms with Gasteiger partial charge in [0.15, 0.2) is 0 Å². The zero-order valence-electron chi connectivity index (χ0n) is 11.4. The van der Waals surface area contributed by atoms with Crippen LogP contribution in [-0.2, 0) is 9.59 Å². The number of nitro benzene ring substituents is 1. The number of nitrogens with one attached hydrogen (secondary N) is 2. The summed E-state index contributed by atoms with van der Waals surface area (Å²) in [5, 5.41) is 24.8. The van der Waals surface area contributed by atoms with Gasteiger partial charge in [0.25, 0.3) is 5.69 Å². The fourth-order valence-corrected chi connectivity index (χ4v) is 1.75. The molecular formula is C13H14ClN3O5. The average Bonchev–Trinajstić information content (AvgIpc) is 2.45. The molecule has 1 amide bonds. The van der Waals surface area contributed by atoms with Crippen molar-refractivity contribution in [3.05, 3.63) is 46.0 Å². The molecule has 0 saturated heterocycles. The van der Waals surface area contributed by atoms with Gasteiger partial charge in [-0.3, -0.25) is 19.7 Å². The molecule has 0 aliphatic rings. The standard InChI is InChI=1S/C13H14ClN3O5/c1-2-5-15-11(13(19)20)7-12(18)16-10-6-8(17(21)22)3-4-9(10)14/h2-4,6,11,15H,1,5,7H2,(H,16,18)(H,19,20)/t11-/m1/s1. The third kappa shape index (κ3) is 5.15. The number of amides is 1. The molecule has 9 heteroatoms. The Kier molecular flexibility index (Phi) is 6.48. The van der Waals surface area contributed by atoms with E-state index in [4.69, 9.17) is 16.7 Å². The Hall–Kier alpha value is -2.45. The predicted octanol–water partition coefficient (Wildman–Crippen LogP) is 1.81. The number of hydrogen-bond donors (Lipinski definition) is 3. The van der Waals surface area contributed by atoms with Crippen LogP contribution in [0.1, 0.15) is 6.42 Å². The van der Waals surface area contributed by atoms with Crippen LogP contribution < -0.4 is 10.6 Å². The van der Waals surface area contributed by atoms with E-state index in [2.05, 4.69) is 17.2 Å². The van der Waals surface area contributed by atoms with Crippen molar-refractivity contribution in [1.29, 1.82) is 0 Å². The first-order valence-electron chi connectivity index (χ1n) is 6.16. The van der Waals surface area contributed by atoms with Gasteiger partial charge < -0.3 is 15.7 Å². The van der Waals surface area contributed by atoms with Gasteiger partial charge in [0.1, 0.15) is 6.04 Å². The third-order valence-electron chi connectivity index (χ3n) is 2.63. The molecule has 3 N–H and O–H groups in total. The van der Waals surface area contributed by atoms with Crippen LogP contribution in [-0.4, -0.2) is 34.5 Å². The van der Waals surface area contributed by atoms with E-state index in [1.807, 2.05) is 0 Å². The number of rotatable bonds is 8. The van der Waals surface area contributed by atoms with Crippen LogP contribution in [0.25, 0.3) is 0 Å². The monoisotopic (exact) mass is 327 g/mol. The first-order valence-corrected chi connectivity index (χ1v) is 6.53. The van der Waals surface area contributed by atoms with Gasteiger partial charge in [-0.05, 0) is 6.07 Å². The van der Waals surface area contributed by atoms with Gasteiger partial charge >= 0.3 is 5.97 Å². The number of benzene rings is 1. The summed E-state index contributed by atoms with van der Waals surface area (Å²) in [6.07, 6.45) is 1.10. The van der Waals surface area contributed by atoms with Crippen LogP contribution in [0.2, 0.25) is 5.02 Å². The van der Waals surface area contributed by atoms with E-state index < -0.39 is 22.8 Å². The van der Waals surface area contributed by atoms with E-state index in [1.165, 1.54) is 18.2 Å². The number of aliphatic carboxylic acids is 1. The summed E-state index contributed by atoms with van der Waals surface area (Å²) in [6.45, 7) is 3.66. The molecule has 0 heterocycles. The highest BCUT2D eigenvalue weighted by atomic mass is 35.5. The molecule has 22 heavy (non-hydrogen) atoms. The van der Waals surface area contributed by atoms with Crippen LogP contribution in [0.15, 0.2) is 30.9 Å². The Balaban J connectivity index is 2.79. The lowest BCUT2D eigenvalue weighted by Crippen LogP contribution is -2.39. The molecule has 1 atom stereocenters. The second-order valence-electron chi connectivity index (χ2n) is 4.26. The zero-order valence-corrected chi connectivity index (χ0v) is 12.2. The maximum Gasteiger partial charge on any atom is 0.321 e. The second-order valence-corrected chi connectivity index (χ2v) is 4.67. The first-order chi connectivity index (χ1) is 10.3. The third-order valence-corrected chi connectivity index (χ3v) is 2.96. The number of hydrogen-bond acceptors (Lipinski definition) is 5. The molecule has 1 aromatic carbocycles. The van der Waals surface area contributed by atoms with Crippen molar-refractivity contribution in [2.75, 3.05) is 11.9 Å². The number of anilines is 1. The minimum atomic E-state index is -1.19. The van der Waals surface area contributed by atoms with Crippen molar-refractivity contribution >= 4 is 34.9 Å². The van der Waals surface area contributed by atoms with Crippen LogP contribution in [0.4, 0.5) is 11.4 Å². The molecule has 0 radical (unpaired) electrons. The summed E-state index contributed by atoms with van der Waals surface area (Å²) in [6, 6.07) is 2.48. The quantitative estimate of drug-likeness (QED) is 0.380. The number of nitro groups is 1. The molecule has 0 aliphatic heterocycles. The largest absolute Gasteiger partial charge is 0.480 e. The van der Waals surface area contributed by atoms with Crippen molar-refractivity contribution in [1.82, 2.24) is 5.32 Å². The fraction of sp³-hybridized carbons (Fsp3) is 0.231. The Labute approximate surface area is 130 Å². The van der Waals surface area contributed by atoms with Crippen LogP contribution in [0.3, 0.4) is 0 Å². The molecule has 0 fully saturated rings. The van der Waals surface area contributed by atoms with Crippen LogP contribution in [0.5, 0.6) is 0 Å². The highest BCUT2D eigenvalue weighted by Crippen LogP contribution is 2.26. The Morgan fingerprint density at radius 1 is 1.50 bits per heavy atom. The Bertz CT molecular complexity index is 605. The molecule has 8 nitrogen and oxygen atoms in total. The summed E-state index contributed by atoms with van der Waals surface area (Å²) in [5.41, 5.74) is -0.187. The number of non-ortho nitro benzene ring substituents is 1. The molecule has 0 aromatic heterocycles. The van der Waals surface area contributed by atoms with Crippen molar-refractivity contribution < 1.29 is 19.6 Å². The predicted molar refractivity (Wildman–Crippen MR) is 81.0 cm³/mol. The molecule has 1 aromatic rings. The zero-order chi connectivity index (χ0) is 16.7. The van der Waals surface area contributed by atoms with Gasteiger partial charge in [-0.15, -0.1) is 6.58 Å². The molecule has 0 unspecified atom stereocenters. The lowest BCUT2D eigenvalue weighted by Gasteiger charge is -2.13. The second kappa shape index (κ2) is 8.11. The minimum Gasteiger partial charge on any atom is -0.480 e. The van der Waals surface area contributed by atoms with Crippen LogP contribution >= 0.6 is 11.6 Å². The number of carboxylic acid groups (broad SMARTS) is 1. The molecular weight excluding hydrogens is 314 g/mol. The highest BCUT2D eigenvalue weighted by molar-refractivity contribution is 6.33. The SMILES string of the molecule is C=CCN[C@H](CC(=O)Nc1cc([N+](=O)[O-])ccc1Cl)C(=O)O. The van der Waals surface area contributed by atoms with E-state index in [1.54, 1.807) is 0 Å². The van der Waals surface area contributed by atoms with Gasteiger partial charge in [0, 0.05) is 18.7 Å². The van der Waals surface area contributed by atoms with Crippen molar-refractivity contribution in [3.63, 3.8) is 0 Å². The van der Waals surface area contributed by atoms with E-state index in [9.17, 15) is 19.7 Å². The molecule has 0 bridgehead atoms. The van der Waals surface area contributed by atoms with E-state index in [0.717, 1.165) is 6.07 Å². The summed E-state index contributed by atoms with van der Waals surface area (Å²) < 4.78 is 0. The van der Waals surface area contributed by atoms with E-state index in [0.29, 0.717) is 0 Å². The normalized spacial score (nSPS) is 11.5. The van der Waals surface area contributed by atoms with E-state index >= 15 is 0 Å². The number of halogens is 1. The van der Waals surface area contributed by atoms with Gasteiger partial charge in [-0.2, -0.15) is 0 Å². The number of carboxylic acids is 1. The van der Waals surface area contributed by atoms with Gasteiger partial charge in [-0.25, -0.2) is 0 Å². The Morgan fingerprint density at radius 3 is 2.73 bits per heavy atom. The Morgan fingerprint density at radius 2 is 2.18 bits per heavy atom. The van der Waals surface area contributed by atoms with Crippen molar-refractivity contribution in [2.24, 2.45) is 0 Å². The van der Waals surface area contributed by atoms with Gasteiger partial charge in [-0.1, -0.05) is 17.7 Å². The first kappa shape index (κ1) is 17.6. The molecule has 1 rings (SSSR count).